The third-order valence-corrected chi connectivity index (χ3v) is 3.91. The fraction of sp³-hybridized carbons (Fsp3) is 0.375. The maximum absolute atomic E-state index is 14.6. The minimum atomic E-state index is -1.06. The van der Waals surface area contributed by atoms with Gasteiger partial charge < -0.3 is 9.31 Å². The first-order valence-corrected chi connectivity index (χ1v) is 6.56. The summed E-state index contributed by atoms with van der Waals surface area (Å²) in [7, 11) is -1.06. The fourth-order valence-electron chi connectivity index (χ4n) is 1.96. The quantitative estimate of drug-likeness (QED) is 0.604. The van der Waals surface area contributed by atoms with Crippen LogP contribution >= 0.6 is 0 Å². The Bertz CT molecular complexity index is 554. The molecule has 1 aromatic carbocycles. The molecule has 2 nitrogen and oxygen atoms in total. The number of allylic oxidation sites excluding steroid dienone is 1. The number of halogens is 1. The zero-order valence-corrected chi connectivity index (χ0v) is 12.2. The third-order valence-electron chi connectivity index (χ3n) is 3.91. The average molecular weight is 272 g/mol. The topological polar surface area (TPSA) is 18.5 Å². The van der Waals surface area contributed by atoms with Crippen LogP contribution in [0, 0.1) is 12.3 Å². The van der Waals surface area contributed by atoms with Gasteiger partial charge in [0.1, 0.15) is 5.73 Å². The molecule has 0 aliphatic carbocycles. The van der Waals surface area contributed by atoms with E-state index in [4.69, 9.17) is 15.7 Å². The number of benzene rings is 1. The van der Waals surface area contributed by atoms with Gasteiger partial charge in [-0.1, -0.05) is 36.3 Å². The van der Waals surface area contributed by atoms with Crippen molar-refractivity contribution in [3.05, 3.63) is 41.6 Å². The summed E-state index contributed by atoms with van der Waals surface area (Å²) >= 11 is 0. The van der Waals surface area contributed by atoms with Gasteiger partial charge in [0.2, 0.25) is 0 Å². The van der Waals surface area contributed by atoms with E-state index in [-0.39, 0.29) is 5.57 Å². The molecule has 0 amide bonds. The third kappa shape index (κ3) is 2.52. The molecule has 0 atom stereocenters. The molecule has 1 heterocycles. The molecule has 0 radical (unpaired) electrons. The molecule has 1 aromatic rings. The molecule has 0 N–H and O–H groups in total. The monoisotopic (exact) mass is 272 g/mol. The van der Waals surface area contributed by atoms with E-state index in [9.17, 15) is 4.39 Å². The SMILES string of the molecule is C#CC(=C(F)B1OC(C)(C)C(C)(C)O1)c1ccccc1. The summed E-state index contributed by atoms with van der Waals surface area (Å²) in [6, 6.07) is 9.00. The van der Waals surface area contributed by atoms with Crippen LogP contribution in [0.25, 0.3) is 5.57 Å². The zero-order chi connectivity index (χ0) is 15.0. The molecule has 104 valence electrons. The predicted octanol–water partition coefficient (Wildman–Crippen LogP) is 3.63. The highest BCUT2D eigenvalue weighted by Gasteiger charge is 2.53. The van der Waals surface area contributed by atoms with Crippen LogP contribution < -0.4 is 0 Å². The second-order valence-electron chi connectivity index (χ2n) is 5.82. The lowest BCUT2D eigenvalue weighted by Crippen LogP contribution is -2.41. The van der Waals surface area contributed by atoms with Gasteiger partial charge in [0, 0.05) is 0 Å². The Balaban J connectivity index is 2.38. The van der Waals surface area contributed by atoms with E-state index in [1.807, 2.05) is 45.9 Å². The first-order chi connectivity index (χ1) is 9.28. The summed E-state index contributed by atoms with van der Waals surface area (Å²) in [5.74, 6) is 2.39. The Hall–Kier alpha value is -1.57. The summed E-state index contributed by atoms with van der Waals surface area (Å²) in [4.78, 5) is 0. The average Bonchev–Trinajstić information content (AvgIpc) is 2.60. The van der Waals surface area contributed by atoms with E-state index in [1.165, 1.54) is 0 Å². The Morgan fingerprint density at radius 3 is 2.05 bits per heavy atom. The molecule has 1 aliphatic rings. The minimum absolute atomic E-state index is 0.170. The van der Waals surface area contributed by atoms with Crippen molar-refractivity contribution in [2.45, 2.75) is 38.9 Å². The second-order valence-corrected chi connectivity index (χ2v) is 5.82. The highest BCUT2D eigenvalue weighted by atomic mass is 19.1. The van der Waals surface area contributed by atoms with Crippen molar-refractivity contribution in [1.82, 2.24) is 0 Å². The highest BCUT2D eigenvalue weighted by molar-refractivity contribution is 6.55. The lowest BCUT2D eigenvalue weighted by atomic mass is 9.83. The molecule has 2 rings (SSSR count). The van der Waals surface area contributed by atoms with Crippen LogP contribution in [0.4, 0.5) is 4.39 Å². The van der Waals surface area contributed by atoms with Crippen LogP contribution in [-0.4, -0.2) is 18.3 Å². The van der Waals surface area contributed by atoms with Gasteiger partial charge in [-0.15, -0.1) is 6.42 Å². The number of hydrogen-bond donors (Lipinski definition) is 0. The van der Waals surface area contributed by atoms with Crippen molar-refractivity contribution in [3.63, 3.8) is 0 Å². The molecule has 0 bridgehead atoms. The van der Waals surface area contributed by atoms with Gasteiger partial charge in [-0.3, -0.25) is 0 Å². The summed E-state index contributed by atoms with van der Waals surface area (Å²) in [5.41, 5.74) is -0.930. The van der Waals surface area contributed by atoms with Crippen molar-refractivity contribution < 1.29 is 13.7 Å². The molecule has 1 aliphatic heterocycles. The van der Waals surface area contributed by atoms with Crippen LogP contribution in [0.1, 0.15) is 33.3 Å². The highest BCUT2D eigenvalue weighted by Crippen LogP contribution is 2.40. The summed E-state index contributed by atoms with van der Waals surface area (Å²) < 4.78 is 26.0. The molecule has 0 unspecified atom stereocenters. The molecule has 0 aromatic heterocycles. The van der Waals surface area contributed by atoms with E-state index in [0.29, 0.717) is 5.56 Å². The smallest absolute Gasteiger partial charge is 0.398 e. The Morgan fingerprint density at radius 2 is 1.60 bits per heavy atom. The minimum Gasteiger partial charge on any atom is -0.398 e. The van der Waals surface area contributed by atoms with Crippen LogP contribution in [0.15, 0.2) is 36.1 Å². The Labute approximate surface area is 120 Å². The van der Waals surface area contributed by atoms with Gasteiger partial charge in [-0.2, -0.15) is 0 Å². The van der Waals surface area contributed by atoms with Gasteiger partial charge in [0.25, 0.3) is 0 Å². The molecular weight excluding hydrogens is 254 g/mol. The van der Waals surface area contributed by atoms with Crippen LogP contribution in [0.3, 0.4) is 0 Å². The molecule has 0 saturated carbocycles. The van der Waals surface area contributed by atoms with Crippen molar-refractivity contribution in [3.8, 4) is 12.3 Å². The van der Waals surface area contributed by atoms with Crippen molar-refractivity contribution in [2.24, 2.45) is 0 Å². The van der Waals surface area contributed by atoms with Crippen molar-refractivity contribution in [2.75, 3.05) is 0 Å². The maximum atomic E-state index is 14.6. The molecule has 4 heteroatoms. The van der Waals surface area contributed by atoms with Crippen LogP contribution in [0.5, 0.6) is 0 Å². The predicted molar refractivity (Wildman–Crippen MR) is 79.4 cm³/mol. The summed E-state index contributed by atoms with van der Waals surface area (Å²) in [6.45, 7) is 7.49. The summed E-state index contributed by atoms with van der Waals surface area (Å²) in [5, 5.41) is 0. The van der Waals surface area contributed by atoms with E-state index in [2.05, 4.69) is 5.92 Å². The van der Waals surface area contributed by atoms with Crippen molar-refractivity contribution >= 4 is 12.7 Å². The van der Waals surface area contributed by atoms with Crippen LogP contribution in [0.2, 0.25) is 0 Å². The fourth-order valence-corrected chi connectivity index (χ4v) is 1.96. The normalized spacial score (nSPS) is 21.3. The largest absolute Gasteiger partial charge is 0.526 e. The summed E-state index contributed by atoms with van der Waals surface area (Å²) in [6.07, 6.45) is 5.45. The van der Waals surface area contributed by atoms with E-state index < -0.39 is 24.0 Å². The number of rotatable bonds is 2. The van der Waals surface area contributed by atoms with Gasteiger partial charge >= 0.3 is 7.12 Å². The zero-order valence-electron chi connectivity index (χ0n) is 12.2. The van der Waals surface area contributed by atoms with Gasteiger partial charge in [0.05, 0.1) is 16.8 Å². The van der Waals surface area contributed by atoms with Gasteiger partial charge in [-0.25, -0.2) is 4.39 Å². The van der Waals surface area contributed by atoms with E-state index in [1.54, 1.807) is 12.1 Å². The number of terminal acetylenes is 1. The van der Waals surface area contributed by atoms with Crippen LogP contribution in [-0.2, 0) is 9.31 Å². The van der Waals surface area contributed by atoms with Gasteiger partial charge in [-0.05, 0) is 33.3 Å². The molecule has 0 spiro atoms. The van der Waals surface area contributed by atoms with E-state index in [0.717, 1.165) is 0 Å². The molecule has 1 fully saturated rings. The number of hydrogen-bond acceptors (Lipinski definition) is 2. The van der Waals surface area contributed by atoms with E-state index >= 15 is 0 Å². The molecule has 1 saturated heterocycles. The van der Waals surface area contributed by atoms with Gasteiger partial charge in [0.15, 0.2) is 0 Å². The first kappa shape index (κ1) is 14.8. The Morgan fingerprint density at radius 1 is 1.10 bits per heavy atom. The molecule has 20 heavy (non-hydrogen) atoms. The Kier molecular flexibility index (Phi) is 3.77. The first-order valence-electron chi connectivity index (χ1n) is 6.56. The second kappa shape index (κ2) is 5.08. The standard InChI is InChI=1S/C16H18BFO2/c1-6-13(12-10-8-7-9-11-12)14(18)17-19-15(2,3)16(4,5)20-17/h1,7-11H,2-5H3. The lowest BCUT2D eigenvalue weighted by molar-refractivity contribution is 0.00578. The molecular formula is C16H18BFO2. The lowest BCUT2D eigenvalue weighted by Gasteiger charge is -2.32. The van der Waals surface area contributed by atoms with Crippen molar-refractivity contribution in [1.29, 1.82) is 0 Å². The maximum Gasteiger partial charge on any atom is 0.526 e.